The van der Waals surface area contributed by atoms with E-state index in [0.29, 0.717) is 42.0 Å². The smallest absolute Gasteiger partial charge is 0.403 e. The van der Waals surface area contributed by atoms with Crippen molar-refractivity contribution in [3.05, 3.63) is 112 Å². The molecular weight excluding hydrogens is 735 g/mol. The zero-order chi connectivity index (χ0) is 37.2. The number of sulfonamides is 1. The van der Waals surface area contributed by atoms with Crippen LogP contribution in [0.3, 0.4) is 0 Å². The van der Waals surface area contributed by atoms with Crippen LogP contribution in [0, 0.1) is 11.8 Å². The number of fused-ring (bicyclic) bond motifs is 3. The summed E-state index contributed by atoms with van der Waals surface area (Å²) in [7, 11) is -0.827. The quantitative estimate of drug-likeness (QED) is 0.132. The second-order valence-corrected chi connectivity index (χ2v) is 17.0. The fourth-order valence-corrected chi connectivity index (χ4v) is 9.75. The molecule has 0 saturated heterocycles. The van der Waals surface area contributed by atoms with Crippen molar-refractivity contribution in [2.45, 2.75) is 55.5 Å². The molecule has 3 aliphatic rings. The summed E-state index contributed by atoms with van der Waals surface area (Å²) in [5.41, 5.74) is 3.72. The average molecular weight is 780 g/mol. The lowest BCUT2D eigenvalue weighted by Gasteiger charge is -2.44. The number of hydrogen-bond acceptors (Lipinski definition) is 8. The van der Waals surface area contributed by atoms with Crippen molar-refractivity contribution in [3.63, 3.8) is 0 Å². The zero-order valence-corrected chi connectivity index (χ0v) is 32.3. The van der Waals surface area contributed by atoms with Gasteiger partial charge < -0.3 is 23.8 Å². The van der Waals surface area contributed by atoms with Crippen LogP contribution < -0.4 is 19.1 Å². The van der Waals surface area contributed by atoms with Gasteiger partial charge in [-0.3, -0.25) is 0 Å². The van der Waals surface area contributed by atoms with Gasteiger partial charge in [-0.15, -0.1) is 0 Å². The molecule has 2 aliphatic carbocycles. The van der Waals surface area contributed by atoms with Crippen LogP contribution in [-0.2, 0) is 39.7 Å². The van der Waals surface area contributed by atoms with Gasteiger partial charge in [0.05, 0.1) is 38.0 Å². The molecule has 4 aromatic carbocycles. The molecule has 1 heterocycles. The van der Waals surface area contributed by atoms with E-state index >= 15 is 0 Å². The molecule has 3 atom stereocenters. The van der Waals surface area contributed by atoms with Crippen LogP contribution >= 0.6 is 23.2 Å². The highest BCUT2D eigenvalue weighted by atomic mass is 35.5. The number of rotatable bonds is 12. The normalized spacial score (nSPS) is 20.8. The number of ether oxygens (including phenoxy) is 4. The third-order valence-electron chi connectivity index (χ3n) is 11.1. The third kappa shape index (κ3) is 8.11. The predicted octanol–water partition coefficient (Wildman–Crippen LogP) is 8.62. The first-order valence-corrected chi connectivity index (χ1v) is 20.2. The molecule has 0 radical (unpaired) electrons. The minimum Gasteiger partial charge on any atom is -0.497 e. The Morgan fingerprint density at radius 3 is 2.17 bits per heavy atom. The summed E-state index contributed by atoms with van der Waals surface area (Å²) >= 11 is 12.0. The van der Waals surface area contributed by atoms with Crippen molar-refractivity contribution in [2.75, 3.05) is 45.4 Å². The van der Waals surface area contributed by atoms with E-state index in [1.807, 2.05) is 54.6 Å². The fourth-order valence-electron chi connectivity index (χ4n) is 8.05. The predicted molar refractivity (Wildman–Crippen MR) is 206 cm³/mol. The van der Waals surface area contributed by atoms with Gasteiger partial charge in [0.2, 0.25) is 10.0 Å². The number of anilines is 1. The van der Waals surface area contributed by atoms with Crippen molar-refractivity contribution in [1.82, 2.24) is 4.31 Å². The number of halogens is 2. The first-order valence-electron chi connectivity index (χ1n) is 18.0. The molecule has 53 heavy (non-hydrogen) atoms. The molecule has 4 aromatic rings. The maximum absolute atomic E-state index is 14.8. The minimum atomic E-state index is -4.03. The number of aryl methyl sites for hydroxylation is 1. The number of methoxy groups -OCH3 is 2. The molecule has 0 bridgehead atoms. The molecule has 0 aromatic heterocycles. The number of hydrogen-bond donors (Lipinski definition) is 0. The average Bonchev–Trinajstić information content (AvgIpc) is 3.30. The third-order valence-corrected chi connectivity index (χ3v) is 13.3. The largest absolute Gasteiger partial charge is 0.497 e. The van der Waals surface area contributed by atoms with Gasteiger partial charge in [0.15, 0.2) is 0 Å². The summed E-state index contributed by atoms with van der Waals surface area (Å²) in [5, 5.41) is 0.713. The van der Waals surface area contributed by atoms with Crippen LogP contribution in [0.5, 0.6) is 17.2 Å². The molecule has 12 heteroatoms. The van der Waals surface area contributed by atoms with Gasteiger partial charge >= 0.3 is 5.43 Å². The molecular formula is C41H44Cl2N2O7S. The molecule has 1 spiro atoms. The Balaban J connectivity index is 1.26. The Hall–Kier alpha value is -3.96. The second kappa shape index (κ2) is 15.8. The van der Waals surface area contributed by atoms with E-state index in [4.69, 9.17) is 42.1 Å². The van der Waals surface area contributed by atoms with Crippen LogP contribution in [0.25, 0.3) is 0 Å². The Morgan fingerprint density at radius 2 is 1.57 bits per heavy atom. The number of benzene rings is 4. The Morgan fingerprint density at radius 1 is 0.906 bits per heavy atom. The standard InChI is InChI=1S/C41H44Cl2N2O7S/c1-49-34-12-5-28(6-13-34)22-45(23-29-7-14-35(50-2)15-8-29)53(47,48)36-16-18-39-38(21-36)44(24-31-9-10-32(31)25-51-40(43)46)26-41(27-52-39)19-3-4-30-20-33(42)11-17-37(30)41/h5-8,11-18,20-21,31-32H,3-4,9-10,19,22-27H2,1-2H3/t31-,32-,41-/m0/s1. The molecule has 0 amide bonds. The van der Waals surface area contributed by atoms with E-state index < -0.39 is 15.5 Å². The summed E-state index contributed by atoms with van der Waals surface area (Å²) in [6.45, 7) is 2.31. The first kappa shape index (κ1) is 37.4. The highest BCUT2D eigenvalue weighted by Gasteiger charge is 2.44. The number of nitrogens with zero attached hydrogens (tertiary/aromatic N) is 2. The van der Waals surface area contributed by atoms with Crippen molar-refractivity contribution in [2.24, 2.45) is 11.8 Å². The SMILES string of the molecule is COc1ccc(CN(Cc2ccc(OC)cc2)S(=O)(=O)c2ccc3c(c2)N(C[C@@H]2CC[C@H]2COC(=O)Cl)C[C@@]2(CCCc4cc(Cl)ccc42)CO3)cc1. The maximum atomic E-state index is 14.8. The topological polar surface area (TPSA) is 94.6 Å². The summed E-state index contributed by atoms with van der Waals surface area (Å²) in [6, 6.07) is 26.2. The second-order valence-electron chi connectivity index (χ2n) is 14.3. The maximum Gasteiger partial charge on any atom is 0.403 e. The van der Waals surface area contributed by atoms with E-state index in [1.165, 1.54) is 15.4 Å². The Bertz CT molecular complexity index is 1990. The lowest BCUT2D eigenvalue weighted by Crippen LogP contribution is -2.48. The monoisotopic (exact) mass is 778 g/mol. The minimum absolute atomic E-state index is 0.154. The van der Waals surface area contributed by atoms with E-state index in [2.05, 4.69) is 17.0 Å². The zero-order valence-electron chi connectivity index (χ0n) is 29.9. The van der Waals surface area contributed by atoms with Gasteiger partial charge in [-0.05, 0) is 121 Å². The Labute approximate surface area is 321 Å². The number of carbonyl (C=O) groups excluding carboxylic acids is 1. The first-order chi connectivity index (χ1) is 25.6. The van der Waals surface area contributed by atoms with Crippen molar-refractivity contribution >= 4 is 44.3 Å². The van der Waals surface area contributed by atoms with Crippen LogP contribution in [0.15, 0.2) is 89.8 Å². The highest BCUT2D eigenvalue weighted by Crippen LogP contribution is 2.47. The summed E-state index contributed by atoms with van der Waals surface area (Å²) in [6.07, 6.45) is 4.75. The Kier molecular flexibility index (Phi) is 11.1. The van der Waals surface area contributed by atoms with Crippen molar-refractivity contribution in [3.8, 4) is 17.2 Å². The van der Waals surface area contributed by atoms with Crippen molar-refractivity contribution < 1.29 is 32.2 Å². The molecule has 0 N–H and O–H groups in total. The van der Waals surface area contributed by atoms with Crippen LogP contribution in [0.4, 0.5) is 10.5 Å². The van der Waals surface area contributed by atoms with Gasteiger partial charge in [-0.2, -0.15) is 4.31 Å². The lowest BCUT2D eigenvalue weighted by atomic mass is 9.69. The fraction of sp³-hybridized carbons (Fsp3) is 0.390. The molecule has 1 aliphatic heterocycles. The summed E-state index contributed by atoms with van der Waals surface area (Å²) < 4.78 is 53.7. The van der Waals surface area contributed by atoms with E-state index in [0.717, 1.165) is 48.9 Å². The number of carbonyl (C=O) groups is 1. The van der Waals surface area contributed by atoms with Crippen LogP contribution in [0.2, 0.25) is 5.02 Å². The molecule has 280 valence electrons. The molecule has 9 nitrogen and oxygen atoms in total. The van der Waals surface area contributed by atoms with Crippen molar-refractivity contribution in [1.29, 1.82) is 0 Å². The van der Waals surface area contributed by atoms with Gasteiger partial charge in [-0.25, -0.2) is 13.2 Å². The van der Waals surface area contributed by atoms with Crippen LogP contribution in [0.1, 0.15) is 47.9 Å². The molecule has 0 unspecified atom stereocenters. The summed E-state index contributed by atoms with van der Waals surface area (Å²) in [5.74, 6) is 2.42. The van der Waals surface area contributed by atoms with E-state index in [-0.39, 0.29) is 41.8 Å². The van der Waals surface area contributed by atoms with Gasteiger partial charge in [0, 0.05) is 48.2 Å². The molecule has 1 saturated carbocycles. The van der Waals surface area contributed by atoms with Crippen LogP contribution in [-0.4, -0.2) is 58.7 Å². The summed E-state index contributed by atoms with van der Waals surface area (Å²) in [4.78, 5) is 13.9. The van der Waals surface area contributed by atoms with E-state index in [9.17, 15) is 13.2 Å². The van der Waals surface area contributed by atoms with E-state index in [1.54, 1.807) is 32.4 Å². The molecule has 1 fully saturated rings. The van der Waals surface area contributed by atoms with Gasteiger partial charge in [0.25, 0.3) is 0 Å². The van der Waals surface area contributed by atoms with Gasteiger partial charge in [0.1, 0.15) is 17.2 Å². The van der Waals surface area contributed by atoms with Gasteiger partial charge in [-0.1, -0.05) is 41.9 Å². The lowest BCUT2D eigenvalue weighted by molar-refractivity contribution is 0.0790. The molecule has 7 rings (SSSR count). The highest BCUT2D eigenvalue weighted by molar-refractivity contribution is 7.89.